The zero-order valence-corrected chi connectivity index (χ0v) is 11.6. The maximum Gasteiger partial charge on any atom is 0.201 e. The number of nitrogens with two attached hydrogens (primary N) is 1. The van der Waals surface area contributed by atoms with Crippen LogP contribution in [0.1, 0.15) is 26.2 Å². The fourth-order valence-corrected chi connectivity index (χ4v) is 3.19. The third-order valence-corrected chi connectivity index (χ3v) is 4.23. The molecule has 0 radical (unpaired) electrons. The lowest BCUT2D eigenvalue weighted by molar-refractivity contribution is 0.414. The van der Waals surface area contributed by atoms with Crippen molar-refractivity contribution in [2.45, 2.75) is 32.7 Å². The van der Waals surface area contributed by atoms with Crippen LogP contribution in [0.25, 0.3) is 11.0 Å². The van der Waals surface area contributed by atoms with Gasteiger partial charge in [0.25, 0.3) is 0 Å². The van der Waals surface area contributed by atoms with E-state index in [0.717, 1.165) is 35.2 Å². The van der Waals surface area contributed by atoms with Crippen LogP contribution < -0.4 is 10.5 Å². The first-order chi connectivity index (χ1) is 9.17. The molecule has 1 fully saturated rings. The summed E-state index contributed by atoms with van der Waals surface area (Å²) in [6.07, 6.45) is 3.92. The number of imidazole rings is 1. The molecule has 0 bridgehead atoms. The molecule has 2 unspecified atom stereocenters. The molecular weight excluding hydrogens is 238 g/mol. The van der Waals surface area contributed by atoms with Crippen molar-refractivity contribution in [1.29, 1.82) is 0 Å². The second-order valence-electron chi connectivity index (χ2n) is 5.72. The topological polar surface area (TPSA) is 53.1 Å². The number of nitrogen functional groups attached to an aromatic ring is 1. The third-order valence-electron chi connectivity index (χ3n) is 4.23. The summed E-state index contributed by atoms with van der Waals surface area (Å²) in [4.78, 5) is 4.43. The third kappa shape index (κ3) is 2.27. The summed E-state index contributed by atoms with van der Waals surface area (Å²) in [5.41, 5.74) is 8.10. The van der Waals surface area contributed by atoms with Crippen molar-refractivity contribution in [1.82, 2.24) is 9.55 Å². The van der Waals surface area contributed by atoms with E-state index in [9.17, 15) is 0 Å². The van der Waals surface area contributed by atoms with Gasteiger partial charge in [-0.05, 0) is 36.8 Å². The van der Waals surface area contributed by atoms with Crippen molar-refractivity contribution < 1.29 is 4.74 Å². The molecule has 0 amide bonds. The molecule has 0 saturated heterocycles. The van der Waals surface area contributed by atoms with Crippen molar-refractivity contribution in [3.05, 3.63) is 18.2 Å². The lowest BCUT2D eigenvalue weighted by Gasteiger charge is -2.13. The molecule has 0 spiro atoms. The second kappa shape index (κ2) is 4.76. The normalized spacial score (nSPS) is 23.1. The Morgan fingerprint density at radius 1 is 1.42 bits per heavy atom. The first-order valence-electron chi connectivity index (χ1n) is 6.97. The van der Waals surface area contributed by atoms with Crippen molar-refractivity contribution in [3.8, 4) is 5.75 Å². The van der Waals surface area contributed by atoms with E-state index in [2.05, 4.69) is 16.5 Å². The summed E-state index contributed by atoms with van der Waals surface area (Å²) in [7, 11) is 1.68. The minimum atomic E-state index is 0.614. The van der Waals surface area contributed by atoms with E-state index in [1.165, 1.54) is 19.3 Å². The molecule has 2 N–H and O–H groups in total. The minimum Gasteiger partial charge on any atom is -0.497 e. The van der Waals surface area contributed by atoms with Gasteiger partial charge in [0.15, 0.2) is 0 Å². The van der Waals surface area contributed by atoms with Gasteiger partial charge in [-0.25, -0.2) is 4.98 Å². The number of methoxy groups -OCH3 is 1. The van der Waals surface area contributed by atoms with Gasteiger partial charge in [0.05, 0.1) is 18.1 Å². The molecule has 3 rings (SSSR count). The zero-order valence-electron chi connectivity index (χ0n) is 11.6. The highest BCUT2D eigenvalue weighted by molar-refractivity contribution is 5.79. The molecule has 1 aromatic heterocycles. The number of aromatic nitrogens is 2. The standard InChI is InChI=1S/C15H21N3O/c1-10-3-4-11(7-10)9-18-14-8-12(19-2)5-6-13(14)17-15(18)16/h5-6,8,10-11H,3-4,7,9H2,1-2H3,(H2,16,17). The summed E-state index contributed by atoms with van der Waals surface area (Å²) >= 11 is 0. The van der Waals surface area contributed by atoms with Crippen LogP contribution >= 0.6 is 0 Å². The van der Waals surface area contributed by atoms with E-state index in [1.54, 1.807) is 7.11 Å². The Balaban J connectivity index is 1.94. The molecule has 1 aliphatic carbocycles. The summed E-state index contributed by atoms with van der Waals surface area (Å²) in [5.74, 6) is 3.03. The van der Waals surface area contributed by atoms with Gasteiger partial charge in [-0.3, -0.25) is 0 Å². The molecular formula is C15H21N3O. The maximum atomic E-state index is 6.07. The molecule has 2 atom stereocenters. The van der Waals surface area contributed by atoms with Crippen molar-refractivity contribution in [2.75, 3.05) is 12.8 Å². The summed E-state index contributed by atoms with van der Waals surface area (Å²) in [6.45, 7) is 3.30. The summed E-state index contributed by atoms with van der Waals surface area (Å²) in [5, 5.41) is 0. The van der Waals surface area contributed by atoms with Crippen LogP contribution in [-0.2, 0) is 6.54 Å². The van der Waals surface area contributed by atoms with E-state index in [4.69, 9.17) is 10.5 Å². The quantitative estimate of drug-likeness (QED) is 0.921. The molecule has 0 aliphatic heterocycles. The van der Waals surface area contributed by atoms with E-state index in [1.807, 2.05) is 18.2 Å². The van der Waals surface area contributed by atoms with Gasteiger partial charge in [0.2, 0.25) is 5.95 Å². The highest BCUT2D eigenvalue weighted by atomic mass is 16.5. The van der Waals surface area contributed by atoms with Crippen molar-refractivity contribution in [3.63, 3.8) is 0 Å². The Morgan fingerprint density at radius 2 is 2.26 bits per heavy atom. The van der Waals surface area contributed by atoms with Crippen molar-refractivity contribution in [2.24, 2.45) is 11.8 Å². The predicted octanol–water partition coefficient (Wildman–Crippen LogP) is 3.06. The Bertz CT molecular complexity index is 590. The van der Waals surface area contributed by atoms with Gasteiger partial charge in [0.1, 0.15) is 5.75 Å². The lowest BCUT2D eigenvalue weighted by Crippen LogP contribution is -2.10. The number of ether oxygens (including phenoxy) is 1. The van der Waals surface area contributed by atoms with Gasteiger partial charge in [-0.1, -0.05) is 13.3 Å². The zero-order chi connectivity index (χ0) is 13.4. The van der Waals surface area contributed by atoms with E-state index < -0.39 is 0 Å². The molecule has 1 heterocycles. The number of hydrogen-bond acceptors (Lipinski definition) is 3. The molecule has 1 saturated carbocycles. The van der Waals surface area contributed by atoms with Crippen LogP contribution in [-0.4, -0.2) is 16.7 Å². The molecule has 4 heteroatoms. The fraction of sp³-hybridized carbons (Fsp3) is 0.533. The monoisotopic (exact) mass is 259 g/mol. The number of rotatable bonds is 3. The Morgan fingerprint density at radius 3 is 2.95 bits per heavy atom. The average Bonchev–Trinajstić information content (AvgIpc) is 2.94. The van der Waals surface area contributed by atoms with Crippen molar-refractivity contribution >= 4 is 17.0 Å². The number of anilines is 1. The summed E-state index contributed by atoms with van der Waals surface area (Å²) < 4.78 is 7.43. The predicted molar refractivity (Wildman–Crippen MR) is 77.2 cm³/mol. The second-order valence-corrected chi connectivity index (χ2v) is 5.72. The van der Waals surface area contributed by atoms with Gasteiger partial charge in [-0.15, -0.1) is 0 Å². The van der Waals surface area contributed by atoms with Crippen LogP contribution in [0, 0.1) is 11.8 Å². The maximum absolute atomic E-state index is 6.07. The molecule has 2 aromatic rings. The van der Waals surface area contributed by atoms with E-state index in [-0.39, 0.29) is 0 Å². The number of nitrogens with zero attached hydrogens (tertiary/aromatic N) is 2. The van der Waals surface area contributed by atoms with E-state index in [0.29, 0.717) is 5.95 Å². The largest absolute Gasteiger partial charge is 0.497 e. The fourth-order valence-electron chi connectivity index (χ4n) is 3.19. The number of hydrogen-bond donors (Lipinski definition) is 1. The smallest absolute Gasteiger partial charge is 0.201 e. The first-order valence-corrected chi connectivity index (χ1v) is 6.97. The van der Waals surface area contributed by atoms with Crippen LogP contribution in [0.5, 0.6) is 5.75 Å². The van der Waals surface area contributed by atoms with E-state index >= 15 is 0 Å². The van der Waals surface area contributed by atoms with Gasteiger partial charge in [0, 0.05) is 12.6 Å². The Labute approximate surface area is 113 Å². The van der Waals surface area contributed by atoms with Crippen LogP contribution in [0.3, 0.4) is 0 Å². The Hall–Kier alpha value is -1.71. The highest BCUT2D eigenvalue weighted by Crippen LogP contribution is 2.33. The summed E-state index contributed by atoms with van der Waals surface area (Å²) in [6, 6.07) is 5.92. The van der Waals surface area contributed by atoms with Gasteiger partial charge < -0.3 is 15.0 Å². The molecule has 4 nitrogen and oxygen atoms in total. The Kier molecular flexibility index (Phi) is 3.09. The SMILES string of the molecule is COc1ccc2nc(N)n(CC3CCC(C)C3)c2c1. The number of fused-ring (bicyclic) bond motifs is 1. The molecule has 1 aliphatic rings. The number of benzene rings is 1. The molecule has 1 aromatic carbocycles. The van der Waals surface area contributed by atoms with Crippen LogP contribution in [0.4, 0.5) is 5.95 Å². The first kappa shape index (κ1) is 12.3. The molecule has 19 heavy (non-hydrogen) atoms. The highest BCUT2D eigenvalue weighted by Gasteiger charge is 2.23. The van der Waals surface area contributed by atoms with Gasteiger partial charge in [-0.2, -0.15) is 0 Å². The lowest BCUT2D eigenvalue weighted by atomic mass is 10.1. The van der Waals surface area contributed by atoms with Crippen LogP contribution in [0.15, 0.2) is 18.2 Å². The average molecular weight is 259 g/mol. The molecule has 102 valence electrons. The van der Waals surface area contributed by atoms with Gasteiger partial charge >= 0.3 is 0 Å². The van der Waals surface area contributed by atoms with Crippen LogP contribution in [0.2, 0.25) is 0 Å². The minimum absolute atomic E-state index is 0.614.